The van der Waals surface area contributed by atoms with Gasteiger partial charge in [-0.2, -0.15) is 0 Å². The van der Waals surface area contributed by atoms with Crippen LogP contribution in [0.2, 0.25) is 0 Å². The van der Waals surface area contributed by atoms with Gasteiger partial charge in [-0.15, -0.1) is 0 Å². The summed E-state index contributed by atoms with van der Waals surface area (Å²) >= 11 is 0. The monoisotopic (exact) mass is 391 g/mol. The Kier molecular flexibility index (Phi) is 7.06. The van der Waals surface area contributed by atoms with Crippen LogP contribution in [0, 0.1) is 13.8 Å². The van der Waals surface area contributed by atoms with E-state index in [2.05, 4.69) is 35.4 Å². The Morgan fingerprint density at radius 3 is 2.66 bits per heavy atom. The minimum absolute atomic E-state index is 0.0227. The number of carbonyl (C=O) groups is 1. The Morgan fingerprint density at radius 1 is 1.14 bits per heavy atom. The quantitative estimate of drug-likeness (QED) is 0.527. The molecule has 0 spiro atoms. The molecule has 0 bridgehead atoms. The minimum Gasteiger partial charge on any atom is -0.493 e. The van der Waals surface area contributed by atoms with Crippen molar-refractivity contribution in [2.75, 3.05) is 6.61 Å². The van der Waals surface area contributed by atoms with E-state index >= 15 is 0 Å². The summed E-state index contributed by atoms with van der Waals surface area (Å²) in [5.41, 5.74) is 4.47. The highest BCUT2D eigenvalue weighted by molar-refractivity contribution is 5.76. The zero-order valence-electron chi connectivity index (χ0n) is 17.4. The first-order chi connectivity index (χ1) is 14.0. The average Bonchev–Trinajstić information content (AvgIpc) is 3.25. The number of aromatic nitrogens is 2. The number of carbonyl (C=O) groups excluding carboxylic acids is 1. The number of amides is 1. The highest BCUT2D eigenvalue weighted by atomic mass is 16.5. The Balaban J connectivity index is 1.38. The van der Waals surface area contributed by atoms with Crippen LogP contribution < -0.4 is 10.1 Å². The van der Waals surface area contributed by atoms with E-state index in [1.54, 1.807) is 12.5 Å². The molecule has 0 aliphatic heterocycles. The molecule has 1 aromatic heterocycles. The summed E-state index contributed by atoms with van der Waals surface area (Å²) in [7, 11) is 0. The van der Waals surface area contributed by atoms with Crippen LogP contribution in [0.5, 0.6) is 5.75 Å². The molecule has 2 aromatic carbocycles. The van der Waals surface area contributed by atoms with Gasteiger partial charge >= 0.3 is 0 Å². The summed E-state index contributed by atoms with van der Waals surface area (Å²) in [6, 6.07) is 14.3. The number of imidazole rings is 1. The molecule has 1 unspecified atom stereocenters. The lowest BCUT2D eigenvalue weighted by molar-refractivity contribution is -0.121. The topological polar surface area (TPSA) is 56.1 Å². The van der Waals surface area contributed by atoms with Crippen molar-refractivity contribution in [2.45, 2.75) is 46.1 Å². The standard InChI is InChI=1S/C24H29N3O2/c1-18-7-8-19(2)23(16-18)29-15-5-4-6-24(28)26-20(3)21-9-11-22(12-10-21)27-14-13-25-17-27/h7-14,16-17,20H,4-6,15H2,1-3H3,(H,26,28). The van der Waals surface area contributed by atoms with Gasteiger partial charge in [-0.1, -0.05) is 24.3 Å². The van der Waals surface area contributed by atoms with Gasteiger partial charge in [0.05, 0.1) is 19.0 Å². The van der Waals surface area contributed by atoms with Crippen molar-refractivity contribution < 1.29 is 9.53 Å². The van der Waals surface area contributed by atoms with E-state index in [0.717, 1.165) is 35.4 Å². The first-order valence-corrected chi connectivity index (χ1v) is 10.1. The van der Waals surface area contributed by atoms with Crippen molar-refractivity contribution in [1.82, 2.24) is 14.9 Å². The molecule has 5 nitrogen and oxygen atoms in total. The number of ether oxygens (including phenoxy) is 1. The highest BCUT2D eigenvalue weighted by Crippen LogP contribution is 2.19. The molecule has 0 saturated heterocycles. The summed E-state index contributed by atoms with van der Waals surface area (Å²) in [6.45, 7) is 6.74. The molecule has 0 fully saturated rings. The highest BCUT2D eigenvalue weighted by Gasteiger charge is 2.10. The number of nitrogens with zero attached hydrogens (tertiary/aromatic N) is 2. The fraction of sp³-hybridized carbons (Fsp3) is 0.333. The lowest BCUT2D eigenvalue weighted by Crippen LogP contribution is -2.26. The summed E-state index contributed by atoms with van der Waals surface area (Å²) in [6.07, 6.45) is 7.60. The Bertz CT molecular complexity index is 918. The van der Waals surface area contributed by atoms with Crippen molar-refractivity contribution in [3.05, 3.63) is 77.9 Å². The zero-order chi connectivity index (χ0) is 20.6. The van der Waals surface area contributed by atoms with Gasteiger partial charge in [-0.25, -0.2) is 4.98 Å². The molecular formula is C24H29N3O2. The summed E-state index contributed by atoms with van der Waals surface area (Å²) in [4.78, 5) is 16.3. The molecule has 1 amide bonds. The van der Waals surface area contributed by atoms with Gasteiger partial charge in [-0.3, -0.25) is 4.79 Å². The van der Waals surface area contributed by atoms with E-state index < -0.39 is 0 Å². The fourth-order valence-electron chi connectivity index (χ4n) is 3.18. The van der Waals surface area contributed by atoms with Crippen molar-refractivity contribution in [3.63, 3.8) is 0 Å². The molecular weight excluding hydrogens is 362 g/mol. The number of nitrogens with one attached hydrogen (secondary N) is 1. The number of unbranched alkanes of at least 4 members (excludes halogenated alkanes) is 1. The Hall–Kier alpha value is -3.08. The molecule has 152 valence electrons. The molecule has 1 atom stereocenters. The second-order valence-electron chi connectivity index (χ2n) is 7.43. The largest absolute Gasteiger partial charge is 0.493 e. The van der Waals surface area contributed by atoms with Crippen LogP contribution in [0.3, 0.4) is 0 Å². The van der Waals surface area contributed by atoms with E-state index in [4.69, 9.17) is 4.74 Å². The van der Waals surface area contributed by atoms with E-state index in [9.17, 15) is 4.79 Å². The second-order valence-corrected chi connectivity index (χ2v) is 7.43. The van der Waals surface area contributed by atoms with Crippen LogP contribution in [0.15, 0.2) is 61.2 Å². The summed E-state index contributed by atoms with van der Waals surface area (Å²) in [5.74, 6) is 1.00. The molecule has 1 N–H and O–H groups in total. The van der Waals surface area contributed by atoms with Gasteiger partial charge in [0.15, 0.2) is 0 Å². The molecule has 3 aromatic rings. The third-order valence-electron chi connectivity index (χ3n) is 4.97. The van der Waals surface area contributed by atoms with Gasteiger partial charge < -0.3 is 14.6 Å². The maximum atomic E-state index is 12.2. The van der Waals surface area contributed by atoms with E-state index in [0.29, 0.717) is 13.0 Å². The number of rotatable bonds is 9. The lowest BCUT2D eigenvalue weighted by Gasteiger charge is -2.15. The van der Waals surface area contributed by atoms with Crippen LogP contribution in [-0.4, -0.2) is 22.1 Å². The van der Waals surface area contributed by atoms with Crippen LogP contribution in [0.4, 0.5) is 0 Å². The molecule has 3 rings (SSSR count). The van der Waals surface area contributed by atoms with Crippen LogP contribution in [0.25, 0.3) is 5.69 Å². The van der Waals surface area contributed by atoms with Crippen LogP contribution in [0.1, 0.15) is 48.9 Å². The van der Waals surface area contributed by atoms with Crippen molar-refractivity contribution in [3.8, 4) is 11.4 Å². The van der Waals surface area contributed by atoms with E-state index in [1.165, 1.54) is 5.56 Å². The third kappa shape index (κ3) is 5.95. The number of hydrogen-bond acceptors (Lipinski definition) is 3. The van der Waals surface area contributed by atoms with Crippen molar-refractivity contribution in [1.29, 1.82) is 0 Å². The van der Waals surface area contributed by atoms with Crippen LogP contribution in [-0.2, 0) is 4.79 Å². The Morgan fingerprint density at radius 2 is 1.93 bits per heavy atom. The van der Waals surface area contributed by atoms with Gasteiger partial charge in [0, 0.05) is 24.5 Å². The predicted molar refractivity (Wildman–Crippen MR) is 115 cm³/mol. The molecule has 0 aliphatic rings. The number of benzene rings is 2. The first-order valence-electron chi connectivity index (χ1n) is 10.1. The maximum absolute atomic E-state index is 12.2. The molecule has 0 aliphatic carbocycles. The van der Waals surface area contributed by atoms with Gasteiger partial charge in [0.2, 0.25) is 5.91 Å². The molecule has 0 radical (unpaired) electrons. The number of aryl methyl sites for hydroxylation is 2. The Labute approximate surface area is 172 Å². The fourth-order valence-corrected chi connectivity index (χ4v) is 3.18. The number of hydrogen-bond donors (Lipinski definition) is 1. The average molecular weight is 392 g/mol. The van der Waals surface area contributed by atoms with E-state index in [-0.39, 0.29) is 11.9 Å². The smallest absolute Gasteiger partial charge is 0.220 e. The molecule has 1 heterocycles. The third-order valence-corrected chi connectivity index (χ3v) is 4.97. The second kappa shape index (κ2) is 9.92. The SMILES string of the molecule is Cc1ccc(C)c(OCCCCC(=O)NC(C)c2ccc(-n3ccnc3)cc2)c1. The summed E-state index contributed by atoms with van der Waals surface area (Å²) in [5, 5.41) is 3.08. The van der Waals surface area contributed by atoms with Crippen molar-refractivity contribution >= 4 is 5.91 Å². The predicted octanol–water partition coefficient (Wildman–Crippen LogP) is 4.92. The van der Waals surface area contributed by atoms with Crippen molar-refractivity contribution in [2.24, 2.45) is 0 Å². The van der Waals surface area contributed by atoms with Gasteiger partial charge in [-0.05, 0) is 68.5 Å². The first kappa shape index (κ1) is 20.6. The molecule has 5 heteroatoms. The van der Waals surface area contributed by atoms with E-state index in [1.807, 2.05) is 48.9 Å². The van der Waals surface area contributed by atoms with Crippen LogP contribution >= 0.6 is 0 Å². The molecule has 29 heavy (non-hydrogen) atoms. The zero-order valence-corrected chi connectivity index (χ0v) is 17.4. The lowest BCUT2D eigenvalue weighted by atomic mass is 10.1. The van der Waals surface area contributed by atoms with Gasteiger partial charge in [0.25, 0.3) is 0 Å². The molecule has 0 saturated carbocycles. The van der Waals surface area contributed by atoms with Gasteiger partial charge in [0.1, 0.15) is 5.75 Å². The maximum Gasteiger partial charge on any atom is 0.220 e. The normalized spacial score (nSPS) is 11.8. The summed E-state index contributed by atoms with van der Waals surface area (Å²) < 4.78 is 7.81. The minimum atomic E-state index is -0.0227.